The lowest BCUT2D eigenvalue weighted by Crippen LogP contribution is -2.40. The number of halogens is 5. The van der Waals surface area contributed by atoms with E-state index in [1.807, 2.05) is 0 Å². The summed E-state index contributed by atoms with van der Waals surface area (Å²) >= 11 is 0. The smallest absolute Gasteiger partial charge is 0.433 e. The van der Waals surface area contributed by atoms with Crippen molar-refractivity contribution >= 4 is 11.5 Å². The van der Waals surface area contributed by atoms with E-state index in [9.17, 15) is 27.5 Å². The van der Waals surface area contributed by atoms with Crippen molar-refractivity contribution in [2.75, 3.05) is 0 Å². The van der Waals surface area contributed by atoms with Gasteiger partial charge < -0.3 is 5.11 Å². The van der Waals surface area contributed by atoms with Gasteiger partial charge in [-0.25, -0.2) is 19.3 Å². The summed E-state index contributed by atoms with van der Waals surface area (Å²) in [5.74, 6) is -5.09. The van der Waals surface area contributed by atoms with Crippen LogP contribution < -0.4 is 0 Å². The molecule has 0 spiro atoms. The topological polar surface area (TPSA) is 76.0 Å². The molecule has 10 heteroatoms. The number of rotatable bonds is 4. The molecule has 0 aliphatic heterocycles. The fourth-order valence-corrected chi connectivity index (χ4v) is 3.55. The second-order valence-electron chi connectivity index (χ2n) is 7.26. The van der Waals surface area contributed by atoms with Crippen LogP contribution in [0.25, 0.3) is 16.8 Å². The molecule has 4 rings (SSSR count). The van der Waals surface area contributed by atoms with Crippen molar-refractivity contribution in [2.45, 2.75) is 18.0 Å². The summed E-state index contributed by atoms with van der Waals surface area (Å²) in [5, 5.41) is 10.0. The van der Waals surface area contributed by atoms with Gasteiger partial charge in [-0.05, 0) is 35.4 Å². The third-order valence-corrected chi connectivity index (χ3v) is 5.24. The second-order valence-corrected chi connectivity index (χ2v) is 7.26. The molecule has 1 unspecified atom stereocenters. The van der Waals surface area contributed by atoms with E-state index in [1.165, 1.54) is 12.1 Å². The predicted octanol–water partition coefficient (Wildman–Crippen LogP) is 5.36. The summed E-state index contributed by atoms with van der Waals surface area (Å²) < 4.78 is 70.3. The molecule has 0 saturated heterocycles. The molecule has 3 aromatic rings. The minimum Gasteiger partial charge on any atom is -0.480 e. The first-order chi connectivity index (χ1) is 15.6. The Kier molecular flexibility index (Phi) is 5.52. The first-order valence-electron chi connectivity index (χ1n) is 9.56. The molecular weight excluding hydrogens is 445 g/mol. The number of carboxylic acids is 1. The van der Waals surface area contributed by atoms with Crippen molar-refractivity contribution < 1.29 is 31.9 Å². The molecule has 0 bridgehead atoms. The number of allylic oxidation sites excluding steroid dienone is 3. The Balaban J connectivity index is 1.96. The van der Waals surface area contributed by atoms with Crippen LogP contribution in [0.5, 0.6) is 0 Å². The highest BCUT2D eigenvalue weighted by atomic mass is 19.4. The number of aliphatic carboxylic acids is 1. The molecule has 1 atom stereocenters. The van der Waals surface area contributed by atoms with Crippen LogP contribution in [-0.4, -0.2) is 26.0 Å². The van der Waals surface area contributed by atoms with Gasteiger partial charge in [0.2, 0.25) is 5.95 Å². The standard InChI is InChI=1S/C23H14F5N3O2/c24-17-9-8-14(13-5-2-1-3-6-13)12-22(17,21(32)33)20-30-16(11-18(31-20)23(26,27)28)15-7-4-10-29-19(15)25/h1-11H,12H2,(H,32,33). The summed E-state index contributed by atoms with van der Waals surface area (Å²) in [4.78, 5) is 23.1. The second kappa shape index (κ2) is 8.19. The van der Waals surface area contributed by atoms with E-state index in [0.29, 0.717) is 17.2 Å². The summed E-state index contributed by atoms with van der Waals surface area (Å²) in [6.45, 7) is 0. The number of alkyl halides is 3. The average molecular weight is 459 g/mol. The lowest BCUT2D eigenvalue weighted by molar-refractivity contribution is -0.145. The normalized spacial score (nSPS) is 18.5. The number of aromatic nitrogens is 3. The molecule has 168 valence electrons. The summed E-state index contributed by atoms with van der Waals surface area (Å²) in [6.07, 6.45) is -2.28. The van der Waals surface area contributed by atoms with Gasteiger partial charge in [0.1, 0.15) is 11.5 Å². The average Bonchev–Trinajstić information content (AvgIpc) is 2.79. The molecule has 2 aromatic heterocycles. The van der Waals surface area contributed by atoms with E-state index >= 15 is 4.39 Å². The van der Waals surface area contributed by atoms with Gasteiger partial charge in [0, 0.05) is 12.6 Å². The van der Waals surface area contributed by atoms with E-state index in [-0.39, 0.29) is 0 Å². The van der Waals surface area contributed by atoms with Gasteiger partial charge in [0.05, 0.1) is 11.3 Å². The molecule has 0 amide bonds. The van der Waals surface area contributed by atoms with Crippen LogP contribution in [-0.2, 0) is 16.4 Å². The number of carboxylic acid groups (broad SMARTS) is 1. The third kappa shape index (κ3) is 3.99. The quantitative estimate of drug-likeness (QED) is 0.420. The Hall–Kier alpha value is -3.95. The molecule has 2 heterocycles. The van der Waals surface area contributed by atoms with Crippen LogP contribution >= 0.6 is 0 Å². The fourth-order valence-electron chi connectivity index (χ4n) is 3.55. The van der Waals surface area contributed by atoms with Gasteiger partial charge in [-0.2, -0.15) is 17.6 Å². The molecule has 0 fully saturated rings. The van der Waals surface area contributed by atoms with Gasteiger partial charge >= 0.3 is 12.1 Å². The van der Waals surface area contributed by atoms with Gasteiger partial charge in [0.15, 0.2) is 11.2 Å². The molecule has 1 aliphatic rings. The van der Waals surface area contributed by atoms with Crippen LogP contribution in [0.1, 0.15) is 23.5 Å². The van der Waals surface area contributed by atoms with Crippen LogP contribution in [0.3, 0.4) is 0 Å². The maximum atomic E-state index is 15.2. The predicted molar refractivity (Wildman–Crippen MR) is 108 cm³/mol. The zero-order valence-electron chi connectivity index (χ0n) is 16.6. The van der Waals surface area contributed by atoms with E-state index in [1.54, 1.807) is 30.3 Å². The summed E-state index contributed by atoms with van der Waals surface area (Å²) in [7, 11) is 0. The first kappa shape index (κ1) is 22.3. The Morgan fingerprint density at radius 2 is 1.73 bits per heavy atom. The fraction of sp³-hybridized carbons (Fsp3) is 0.130. The zero-order chi connectivity index (χ0) is 23.8. The molecule has 0 saturated carbocycles. The van der Waals surface area contributed by atoms with Gasteiger partial charge in [-0.1, -0.05) is 36.4 Å². The maximum Gasteiger partial charge on any atom is 0.433 e. The number of hydrogen-bond acceptors (Lipinski definition) is 4. The lowest BCUT2D eigenvalue weighted by Gasteiger charge is -2.30. The Morgan fingerprint density at radius 3 is 2.36 bits per heavy atom. The number of nitrogens with zero attached hydrogens (tertiary/aromatic N) is 3. The van der Waals surface area contributed by atoms with E-state index in [0.717, 1.165) is 18.3 Å². The van der Waals surface area contributed by atoms with Crippen LogP contribution in [0.15, 0.2) is 72.7 Å². The Labute approximate surface area is 184 Å². The Morgan fingerprint density at radius 1 is 1.00 bits per heavy atom. The Bertz CT molecular complexity index is 1290. The van der Waals surface area contributed by atoms with Crippen molar-refractivity contribution in [3.63, 3.8) is 0 Å². The number of pyridine rings is 1. The molecule has 1 aliphatic carbocycles. The third-order valence-electron chi connectivity index (χ3n) is 5.24. The highest BCUT2D eigenvalue weighted by Gasteiger charge is 2.51. The van der Waals surface area contributed by atoms with Crippen molar-refractivity contribution in [3.05, 3.63) is 95.7 Å². The first-order valence-corrected chi connectivity index (χ1v) is 9.56. The van der Waals surface area contributed by atoms with Gasteiger partial charge in [-0.15, -0.1) is 0 Å². The van der Waals surface area contributed by atoms with Crippen LogP contribution in [0.4, 0.5) is 22.0 Å². The molecule has 1 aromatic carbocycles. The number of carbonyl (C=O) groups is 1. The van der Waals surface area contributed by atoms with Crippen molar-refractivity contribution in [1.82, 2.24) is 15.0 Å². The molecule has 5 nitrogen and oxygen atoms in total. The maximum absolute atomic E-state index is 15.2. The molecule has 1 N–H and O–H groups in total. The summed E-state index contributed by atoms with van der Waals surface area (Å²) in [6, 6.07) is 11.3. The SMILES string of the molecule is O=C(O)C1(c2nc(-c3cccnc3F)cc(C(F)(F)F)n2)CC(c2ccccc2)=CC=C1F. The minimum absolute atomic E-state index is 0.356. The van der Waals surface area contributed by atoms with Crippen molar-refractivity contribution in [2.24, 2.45) is 0 Å². The van der Waals surface area contributed by atoms with E-state index < -0.39 is 58.5 Å². The number of benzene rings is 1. The highest BCUT2D eigenvalue weighted by Crippen LogP contribution is 2.45. The van der Waals surface area contributed by atoms with E-state index in [4.69, 9.17) is 0 Å². The zero-order valence-corrected chi connectivity index (χ0v) is 16.6. The van der Waals surface area contributed by atoms with Crippen LogP contribution in [0, 0.1) is 5.95 Å². The summed E-state index contributed by atoms with van der Waals surface area (Å²) in [5.41, 5.74) is -4.25. The molecule has 0 radical (unpaired) electrons. The lowest BCUT2D eigenvalue weighted by atomic mass is 9.74. The highest BCUT2D eigenvalue weighted by molar-refractivity contribution is 5.89. The van der Waals surface area contributed by atoms with Gasteiger partial charge in [0.25, 0.3) is 0 Å². The monoisotopic (exact) mass is 459 g/mol. The number of hydrogen-bond donors (Lipinski definition) is 1. The van der Waals surface area contributed by atoms with E-state index in [2.05, 4.69) is 15.0 Å². The molecule has 33 heavy (non-hydrogen) atoms. The minimum atomic E-state index is -5.03. The van der Waals surface area contributed by atoms with Gasteiger partial charge in [-0.3, -0.25) is 4.79 Å². The largest absolute Gasteiger partial charge is 0.480 e. The van der Waals surface area contributed by atoms with Crippen molar-refractivity contribution in [3.8, 4) is 11.3 Å². The van der Waals surface area contributed by atoms with Crippen LogP contribution in [0.2, 0.25) is 0 Å². The van der Waals surface area contributed by atoms with Crippen molar-refractivity contribution in [1.29, 1.82) is 0 Å². The molecular formula is C23H14F5N3O2.